The first-order valence-corrected chi connectivity index (χ1v) is 9.05. The Hall–Kier alpha value is -3.95. The van der Waals surface area contributed by atoms with Gasteiger partial charge in [0.1, 0.15) is 0 Å². The maximum Gasteiger partial charge on any atom is 0.274 e. The molecule has 1 aromatic heterocycles. The molecule has 0 aliphatic rings. The van der Waals surface area contributed by atoms with Crippen LogP contribution in [0.15, 0.2) is 42.5 Å². The number of hydrogen-bond acceptors (Lipinski definition) is 7. The SMILES string of the molecule is COc1ccc(C(C)NC(=O)c2nnn(-c3cccc([N+](=O)[O-])c3)c2C)cc1OC. The van der Waals surface area contributed by atoms with Gasteiger partial charge >= 0.3 is 0 Å². The van der Waals surface area contributed by atoms with Crippen LogP contribution >= 0.6 is 0 Å². The Bertz CT molecular complexity index is 1090. The number of carbonyl (C=O) groups excluding carboxylic acids is 1. The number of rotatable bonds is 7. The lowest BCUT2D eigenvalue weighted by atomic mass is 10.1. The number of benzene rings is 2. The van der Waals surface area contributed by atoms with Crippen molar-refractivity contribution in [2.24, 2.45) is 0 Å². The molecular formula is C20H21N5O5. The molecule has 0 aliphatic heterocycles. The highest BCUT2D eigenvalue weighted by Gasteiger charge is 2.21. The van der Waals surface area contributed by atoms with Crippen LogP contribution in [-0.4, -0.2) is 40.0 Å². The van der Waals surface area contributed by atoms with Crippen molar-refractivity contribution in [1.29, 1.82) is 0 Å². The molecule has 0 aliphatic carbocycles. The quantitative estimate of drug-likeness (QED) is 0.468. The van der Waals surface area contributed by atoms with E-state index in [9.17, 15) is 14.9 Å². The first-order valence-electron chi connectivity index (χ1n) is 9.05. The molecule has 1 N–H and O–H groups in total. The molecule has 0 saturated heterocycles. The number of aromatic nitrogens is 3. The molecule has 0 fully saturated rings. The molecule has 2 aromatic carbocycles. The molecule has 1 atom stereocenters. The van der Waals surface area contributed by atoms with Gasteiger partial charge in [0.05, 0.1) is 36.6 Å². The number of nitro benzene ring substituents is 1. The van der Waals surface area contributed by atoms with Gasteiger partial charge in [0, 0.05) is 12.1 Å². The first kappa shape index (κ1) is 20.8. The van der Waals surface area contributed by atoms with E-state index in [1.165, 1.54) is 16.8 Å². The van der Waals surface area contributed by atoms with Gasteiger partial charge in [-0.25, -0.2) is 4.68 Å². The van der Waals surface area contributed by atoms with E-state index in [0.29, 0.717) is 22.9 Å². The topological polar surface area (TPSA) is 121 Å². The average Bonchev–Trinajstić information content (AvgIpc) is 3.14. The summed E-state index contributed by atoms with van der Waals surface area (Å²) in [6.07, 6.45) is 0. The Morgan fingerprint density at radius 2 is 1.90 bits per heavy atom. The van der Waals surface area contributed by atoms with Crippen molar-refractivity contribution in [3.05, 3.63) is 69.5 Å². The highest BCUT2D eigenvalue weighted by molar-refractivity contribution is 5.93. The molecule has 0 bridgehead atoms. The second kappa shape index (κ2) is 8.60. The van der Waals surface area contributed by atoms with Crippen molar-refractivity contribution in [2.45, 2.75) is 19.9 Å². The fraction of sp³-hybridized carbons (Fsp3) is 0.250. The maximum atomic E-state index is 12.8. The summed E-state index contributed by atoms with van der Waals surface area (Å²) < 4.78 is 11.9. The largest absolute Gasteiger partial charge is 0.493 e. The number of hydrogen-bond donors (Lipinski definition) is 1. The summed E-state index contributed by atoms with van der Waals surface area (Å²) >= 11 is 0. The average molecular weight is 411 g/mol. The lowest BCUT2D eigenvalue weighted by molar-refractivity contribution is -0.384. The third-order valence-electron chi connectivity index (χ3n) is 4.65. The Morgan fingerprint density at radius 3 is 2.57 bits per heavy atom. The first-order chi connectivity index (χ1) is 14.3. The van der Waals surface area contributed by atoms with Crippen LogP contribution in [0, 0.1) is 17.0 Å². The number of nitro groups is 1. The predicted octanol–water partition coefficient (Wildman–Crippen LogP) is 2.99. The van der Waals surface area contributed by atoms with Gasteiger partial charge in [-0.1, -0.05) is 17.3 Å². The zero-order valence-electron chi connectivity index (χ0n) is 16.9. The Kier molecular flexibility index (Phi) is 5.95. The highest BCUT2D eigenvalue weighted by atomic mass is 16.6. The third kappa shape index (κ3) is 4.07. The standard InChI is InChI=1S/C20H21N5O5/c1-12(14-8-9-17(29-3)18(10-14)30-4)21-20(26)19-13(2)24(23-22-19)15-6-5-7-16(11-15)25(27)28/h5-12H,1-4H3,(H,21,26). The second-order valence-electron chi connectivity index (χ2n) is 6.52. The molecule has 156 valence electrons. The number of ether oxygens (including phenoxy) is 2. The Labute approximate surface area is 172 Å². The van der Waals surface area contributed by atoms with Crippen LogP contribution < -0.4 is 14.8 Å². The molecule has 0 spiro atoms. The zero-order valence-corrected chi connectivity index (χ0v) is 16.9. The summed E-state index contributed by atoms with van der Waals surface area (Å²) in [7, 11) is 3.09. The number of non-ortho nitro benzene ring substituents is 1. The number of nitrogens with one attached hydrogen (secondary N) is 1. The third-order valence-corrected chi connectivity index (χ3v) is 4.65. The van der Waals surface area contributed by atoms with Crippen molar-refractivity contribution >= 4 is 11.6 Å². The van der Waals surface area contributed by atoms with E-state index in [-0.39, 0.29) is 17.4 Å². The van der Waals surface area contributed by atoms with Gasteiger partial charge in [-0.2, -0.15) is 0 Å². The molecule has 10 nitrogen and oxygen atoms in total. The highest BCUT2D eigenvalue weighted by Crippen LogP contribution is 2.30. The van der Waals surface area contributed by atoms with E-state index in [0.717, 1.165) is 5.56 Å². The minimum atomic E-state index is -0.492. The lowest BCUT2D eigenvalue weighted by Crippen LogP contribution is -2.27. The van der Waals surface area contributed by atoms with Crippen LogP contribution in [0.5, 0.6) is 11.5 Å². The van der Waals surface area contributed by atoms with E-state index < -0.39 is 10.8 Å². The molecule has 0 saturated carbocycles. The van der Waals surface area contributed by atoms with Crippen LogP contribution in [0.2, 0.25) is 0 Å². The summed E-state index contributed by atoms with van der Waals surface area (Å²) in [6, 6.07) is 11.0. The molecular weight excluding hydrogens is 390 g/mol. The predicted molar refractivity (Wildman–Crippen MR) is 108 cm³/mol. The number of amides is 1. The van der Waals surface area contributed by atoms with Gasteiger partial charge in [0.25, 0.3) is 11.6 Å². The molecule has 3 aromatic rings. The van der Waals surface area contributed by atoms with Crippen LogP contribution in [-0.2, 0) is 0 Å². The zero-order chi connectivity index (χ0) is 21.8. The van der Waals surface area contributed by atoms with E-state index in [2.05, 4.69) is 15.6 Å². The van der Waals surface area contributed by atoms with E-state index >= 15 is 0 Å². The van der Waals surface area contributed by atoms with Gasteiger partial charge < -0.3 is 14.8 Å². The van der Waals surface area contributed by atoms with Crippen molar-refractivity contribution in [2.75, 3.05) is 14.2 Å². The summed E-state index contributed by atoms with van der Waals surface area (Å²) in [6.45, 7) is 3.51. The van der Waals surface area contributed by atoms with Gasteiger partial charge in [-0.3, -0.25) is 14.9 Å². The van der Waals surface area contributed by atoms with Crippen molar-refractivity contribution in [3.63, 3.8) is 0 Å². The maximum absolute atomic E-state index is 12.8. The monoisotopic (exact) mass is 411 g/mol. The van der Waals surface area contributed by atoms with E-state index in [1.54, 1.807) is 45.4 Å². The summed E-state index contributed by atoms with van der Waals surface area (Å²) in [5.41, 5.74) is 1.79. The van der Waals surface area contributed by atoms with Crippen LogP contribution in [0.4, 0.5) is 5.69 Å². The molecule has 0 radical (unpaired) electrons. The Morgan fingerprint density at radius 1 is 1.17 bits per heavy atom. The molecule has 1 heterocycles. The van der Waals surface area contributed by atoms with E-state index in [1.807, 2.05) is 13.0 Å². The summed E-state index contributed by atoms with van der Waals surface area (Å²) in [5, 5.41) is 21.8. The number of nitrogens with zero attached hydrogens (tertiary/aromatic N) is 4. The van der Waals surface area contributed by atoms with E-state index in [4.69, 9.17) is 9.47 Å². The summed E-state index contributed by atoms with van der Waals surface area (Å²) in [4.78, 5) is 23.3. The lowest BCUT2D eigenvalue weighted by Gasteiger charge is -2.16. The van der Waals surface area contributed by atoms with Crippen LogP contribution in [0.1, 0.15) is 34.7 Å². The number of carbonyl (C=O) groups is 1. The van der Waals surface area contributed by atoms with Crippen LogP contribution in [0.25, 0.3) is 5.69 Å². The fourth-order valence-electron chi connectivity index (χ4n) is 2.99. The molecule has 1 unspecified atom stereocenters. The van der Waals surface area contributed by atoms with Gasteiger partial charge in [0.2, 0.25) is 0 Å². The number of methoxy groups -OCH3 is 2. The Balaban J connectivity index is 1.81. The molecule has 1 amide bonds. The normalized spacial score (nSPS) is 11.6. The molecule has 10 heteroatoms. The van der Waals surface area contributed by atoms with Gasteiger partial charge in [-0.05, 0) is 37.6 Å². The second-order valence-corrected chi connectivity index (χ2v) is 6.52. The van der Waals surface area contributed by atoms with Crippen molar-refractivity contribution < 1.29 is 19.2 Å². The summed E-state index contributed by atoms with van der Waals surface area (Å²) in [5.74, 6) is 0.742. The van der Waals surface area contributed by atoms with Crippen molar-refractivity contribution in [3.8, 4) is 17.2 Å². The minimum Gasteiger partial charge on any atom is -0.493 e. The van der Waals surface area contributed by atoms with Gasteiger partial charge in [0.15, 0.2) is 17.2 Å². The van der Waals surface area contributed by atoms with Crippen LogP contribution in [0.3, 0.4) is 0 Å². The molecule has 30 heavy (non-hydrogen) atoms. The minimum absolute atomic E-state index is 0.0736. The van der Waals surface area contributed by atoms with Gasteiger partial charge in [-0.15, -0.1) is 5.10 Å². The van der Waals surface area contributed by atoms with Crippen molar-refractivity contribution in [1.82, 2.24) is 20.3 Å². The smallest absolute Gasteiger partial charge is 0.274 e. The fourth-order valence-corrected chi connectivity index (χ4v) is 2.99. The molecule has 3 rings (SSSR count).